The first-order chi connectivity index (χ1) is 9.38. The third-order valence-corrected chi connectivity index (χ3v) is 3.29. The quantitative estimate of drug-likeness (QED) is 0.821. The Morgan fingerprint density at radius 3 is 2.40 bits per heavy atom. The molecule has 20 heavy (non-hydrogen) atoms. The summed E-state index contributed by atoms with van der Waals surface area (Å²) in [5.74, 6) is -0.639. The molecule has 0 aliphatic carbocycles. The van der Waals surface area contributed by atoms with E-state index < -0.39 is 0 Å². The van der Waals surface area contributed by atoms with Gasteiger partial charge in [-0.05, 0) is 55.7 Å². The van der Waals surface area contributed by atoms with Crippen molar-refractivity contribution in [2.45, 2.75) is 20.8 Å². The SMILES string of the molecule is Cc1cc(C)c(C(=O)Nc2ccc(C)c(F)c2)cc1N. The molecule has 0 radical (unpaired) electrons. The Balaban J connectivity index is 2.28. The number of rotatable bonds is 2. The molecule has 3 nitrogen and oxygen atoms in total. The van der Waals surface area contributed by atoms with Gasteiger partial charge in [0.15, 0.2) is 0 Å². The molecular formula is C16H17FN2O. The molecule has 0 fully saturated rings. The summed E-state index contributed by atoms with van der Waals surface area (Å²) < 4.78 is 13.5. The van der Waals surface area contributed by atoms with Crippen molar-refractivity contribution in [2.24, 2.45) is 0 Å². The molecular weight excluding hydrogens is 255 g/mol. The Kier molecular flexibility index (Phi) is 3.74. The number of anilines is 2. The Bertz CT molecular complexity index is 680. The van der Waals surface area contributed by atoms with Crippen LogP contribution in [0.25, 0.3) is 0 Å². The highest BCUT2D eigenvalue weighted by molar-refractivity contribution is 6.05. The summed E-state index contributed by atoms with van der Waals surface area (Å²) in [7, 11) is 0. The van der Waals surface area contributed by atoms with Crippen molar-refractivity contribution in [3.05, 3.63) is 58.4 Å². The van der Waals surface area contributed by atoms with E-state index >= 15 is 0 Å². The van der Waals surface area contributed by atoms with Gasteiger partial charge in [0.1, 0.15) is 5.82 Å². The molecule has 0 spiro atoms. The highest BCUT2D eigenvalue weighted by atomic mass is 19.1. The average molecular weight is 272 g/mol. The third kappa shape index (κ3) is 2.79. The molecule has 0 unspecified atom stereocenters. The van der Waals surface area contributed by atoms with Crippen LogP contribution in [0.3, 0.4) is 0 Å². The van der Waals surface area contributed by atoms with Crippen LogP contribution in [0.5, 0.6) is 0 Å². The number of halogens is 1. The van der Waals surface area contributed by atoms with Gasteiger partial charge in [0.25, 0.3) is 5.91 Å². The monoisotopic (exact) mass is 272 g/mol. The van der Waals surface area contributed by atoms with Crippen molar-refractivity contribution in [1.82, 2.24) is 0 Å². The van der Waals surface area contributed by atoms with Crippen LogP contribution < -0.4 is 11.1 Å². The number of benzene rings is 2. The summed E-state index contributed by atoms with van der Waals surface area (Å²) in [6.45, 7) is 5.40. The first kappa shape index (κ1) is 14.1. The highest BCUT2D eigenvalue weighted by Gasteiger charge is 2.12. The van der Waals surface area contributed by atoms with Gasteiger partial charge in [-0.2, -0.15) is 0 Å². The van der Waals surface area contributed by atoms with E-state index in [-0.39, 0.29) is 11.7 Å². The van der Waals surface area contributed by atoms with E-state index in [0.717, 1.165) is 11.1 Å². The lowest BCUT2D eigenvalue weighted by atomic mass is 10.0. The van der Waals surface area contributed by atoms with Crippen molar-refractivity contribution in [3.8, 4) is 0 Å². The van der Waals surface area contributed by atoms with Gasteiger partial charge in [-0.15, -0.1) is 0 Å². The predicted molar refractivity (Wildman–Crippen MR) is 79.4 cm³/mol. The van der Waals surface area contributed by atoms with Crippen molar-refractivity contribution in [1.29, 1.82) is 0 Å². The molecule has 0 aliphatic heterocycles. The number of nitrogens with two attached hydrogens (primary N) is 1. The maximum absolute atomic E-state index is 13.5. The smallest absolute Gasteiger partial charge is 0.256 e. The van der Waals surface area contributed by atoms with E-state index in [4.69, 9.17) is 5.73 Å². The summed E-state index contributed by atoms with van der Waals surface area (Å²) in [6.07, 6.45) is 0. The third-order valence-electron chi connectivity index (χ3n) is 3.29. The second-order valence-corrected chi connectivity index (χ2v) is 4.94. The lowest BCUT2D eigenvalue weighted by Gasteiger charge is -2.11. The minimum Gasteiger partial charge on any atom is -0.398 e. The molecule has 1 amide bonds. The zero-order chi connectivity index (χ0) is 14.9. The van der Waals surface area contributed by atoms with Crippen molar-refractivity contribution < 1.29 is 9.18 Å². The van der Waals surface area contributed by atoms with Gasteiger partial charge in [-0.1, -0.05) is 12.1 Å². The fraction of sp³-hybridized carbons (Fsp3) is 0.188. The van der Waals surface area contributed by atoms with Gasteiger partial charge in [-0.3, -0.25) is 4.79 Å². The molecule has 2 aromatic carbocycles. The maximum Gasteiger partial charge on any atom is 0.256 e. The Labute approximate surface area is 117 Å². The molecule has 0 aromatic heterocycles. The molecule has 0 aliphatic rings. The van der Waals surface area contributed by atoms with Crippen LogP contribution in [0.15, 0.2) is 30.3 Å². The average Bonchev–Trinajstić information content (AvgIpc) is 2.38. The van der Waals surface area contributed by atoms with Crippen molar-refractivity contribution >= 4 is 17.3 Å². The van der Waals surface area contributed by atoms with E-state index in [1.807, 2.05) is 19.9 Å². The van der Waals surface area contributed by atoms with Crippen LogP contribution in [0.1, 0.15) is 27.0 Å². The molecule has 0 saturated carbocycles. The zero-order valence-corrected chi connectivity index (χ0v) is 11.8. The molecule has 2 rings (SSSR count). The van der Waals surface area contributed by atoms with Crippen LogP contribution >= 0.6 is 0 Å². The highest BCUT2D eigenvalue weighted by Crippen LogP contribution is 2.20. The summed E-state index contributed by atoms with van der Waals surface area (Å²) in [6, 6.07) is 8.11. The second kappa shape index (κ2) is 5.33. The van der Waals surface area contributed by atoms with E-state index in [1.165, 1.54) is 6.07 Å². The Hall–Kier alpha value is -2.36. The summed E-state index contributed by atoms with van der Waals surface area (Å²) >= 11 is 0. The normalized spacial score (nSPS) is 10.4. The van der Waals surface area contributed by atoms with Gasteiger partial charge in [0.05, 0.1) is 0 Å². The molecule has 3 N–H and O–H groups in total. The number of amides is 1. The lowest BCUT2D eigenvalue weighted by Crippen LogP contribution is -2.14. The standard InChI is InChI=1S/C16H17FN2O/c1-9-4-5-12(7-14(9)17)19-16(20)13-8-15(18)11(3)6-10(13)2/h4-8H,18H2,1-3H3,(H,19,20). The lowest BCUT2D eigenvalue weighted by molar-refractivity contribution is 0.102. The summed E-state index contributed by atoms with van der Waals surface area (Å²) in [5, 5.41) is 2.68. The maximum atomic E-state index is 13.5. The Morgan fingerprint density at radius 1 is 1.05 bits per heavy atom. The van der Waals surface area contributed by atoms with Crippen LogP contribution in [-0.2, 0) is 0 Å². The number of carbonyl (C=O) groups is 1. The first-order valence-corrected chi connectivity index (χ1v) is 6.32. The van der Waals surface area contributed by atoms with E-state index in [1.54, 1.807) is 25.1 Å². The molecule has 0 bridgehead atoms. The van der Waals surface area contributed by atoms with Gasteiger partial charge in [0, 0.05) is 16.9 Å². The second-order valence-electron chi connectivity index (χ2n) is 4.94. The zero-order valence-electron chi connectivity index (χ0n) is 11.8. The molecule has 0 heterocycles. The van der Waals surface area contributed by atoms with Crippen molar-refractivity contribution in [2.75, 3.05) is 11.1 Å². The molecule has 4 heteroatoms. The number of nitrogen functional groups attached to an aromatic ring is 1. The van der Waals surface area contributed by atoms with Crippen LogP contribution in [0.2, 0.25) is 0 Å². The first-order valence-electron chi connectivity index (χ1n) is 6.32. The topological polar surface area (TPSA) is 55.1 Å². The number of carbonyl (C=O) groups excluding carboxylic acids is 1. The van der Waals surface area contributed by atoms with Gasteiger partial charge < -0.3 is 11.1 Å². The van der Waals surface area contributed by atoms with Gasteiger partial charge in [0.2, 0.25) is 0 Å². The van der Waals surface area contributed by atoms with Crippen LogP contribution in [0.4, 0.5) is 15.8 Å². The number of aryl methyl sites for hydroxylation is 3. The molecule has 2 aromatic rings. The minimum atomic E-state index is -0.344. The summed E-state index contributed by atoms with van der Waals surface area (Å²) in [5.41, 5.74) is 9.62. The van der Waals surface area contributed by atoms with Crippen LogP contribution in [-0.4, -0.2) is 5.91 Å². The fourth-order valence-electron chi connectivity index (χ4n) is 1.98. The predicted octanol–water partition coefficient (Wildman–Crippen LogP) is 3.59. The van der Waals surface area contributed by atoms with Crippen molar-refractivity contribution in [3.63, 3.8) is 0 Å². The number of hydrogen-bond acceptors (Lipinski definition) is 2. The number of hydrogen-bond donors (Lipinski definition) is 2. The minimum absolute atomic E-state index is 0.294. The largest absolute Gasteiger partial charge is 0.398 e. The van der Waals surface area contributed by atoms with E-state index in [0.29, 0.717) is 22.5 Å². The van der Waals surface area contributed by atoms with Gasteiger partial charge in [-0.25, -0.2) is 4.39 Å². The molecule has 0 saturated heterocycles. The van der Waals surface area contributed by atoms with E-state index in [9.17, 15) is 9.18 Å². The molecule has 104 valence electrons. The Morgan fingerprint density at radius 2 is 1.75 bits per heavy atom. The van der Waals surface area contributed by atoms with Gasteiger partial charge >= 0.3 is 0 Å². The molecule has 0 atom stereocenters. The fourth-order valence-corrected chi connectivity index (χ4v) is 1.98. The summed E-state index contributed by atoms with van der Waals surface area (Å²) in [4.78, 5) is 12.2. The van der Waals surface area contributed by atoms with Crippen LogP contribution in [0, 0.1) is 26.6 Å². The number of nitrogens with one attached hydrogen (secondary N) is 1. The van der Waals surface area contributed by atoms with E-state index in [2.05, 4.69) is 5.32 Å².